The van der Waals surface area contributed by atoms with Crippen molar-refractivity contribution in [2.24, 2.45) is 0 Å². The summed E-state index contributed by atoms with van der Waals surface area (Å²) in [5.41, 5.74) is 6.65. The highest BCUT2D eigenvalue weighted by Crippen LogP contribution is 2.32. The summed E-state index contributed by atoms with van der Waals surface area (Å²) in [4.78, 5) is 9.72. The van der Waals surface area contributed by atoms with Crippen molar-refractivity contribution in [2.75, 3.05) is 10.0 Å². The van der Waals surface area contributed by atoms with E-state index in [1.165, 1.54) is 12.5 Å². The summed E-state index contributed by atoms with van der Waals surface area (Å²) in [6.07, 6.45) is 6.37. The molecular weight excluding hydrogens is 224 g/mol. The molecule has 0 bridgehead atoms. The highest BCUT2D eigenvalue weighted by molar-refractivity contribution is 5.67. The Morgan fingerprint density at radius 2 is 1.71 bits per heavy atom. The number of nitrogens with one attached hydrogen (secondary N) is 2. The number of anilines is 2. The lowest BCUT2D eigenvalue weighted by Gasteiger charge is -2.19. The molecule has 0 atom stereocenters. The predicted molar refractivity (Wildman–Crippen MR) is 59.8 cm³/mol. The second-order valence-corrected chi connectivity index (χ2v) is 3.40. The highest BCUT2D eigenvalue weighted by atomic mass is 16.7. The van der Waals surface area contributed by atoms with Gasteiger partial charge in [-0.05, 0) is 18.2 Å². The van der Waals surface area contributed by atoms with Crippen LogP contribution >= 0.6 is 0 Å². The van der Waals surface area contributed by atoms with Gasteiger partial charge in [0.2, 0.25) is 0 Å². The van der Waals surface area contributed by atoms with E-state index in [1.54, 1.807) is 40.6 Å². The van der Waals surface area contributed by atoms with Crippen molar-refractivity contribution in [1.29, 1.82) is 0 Å². The maximum Gasteiger partial charge on any atom is 0.140 e. The second kappa shape index (κ2) is 3.89. The summed E-state index contributed by atoms with van der Waals surface area (Å²) in [5, 5.41) is 13.0. The SMILES string of the molecule is Oc1ccc(N2C=CON2)cc1N1C=CON1. The van der Waals surface area contributed by atoms with E-state index >= 15 is 0 Å². The molecule has 0 saturated heterocycles. The lowest BCUT2D eigenvalue weighted by Crippen LogP contribution is -2.29. The summed E-state index contributed by atoms with van der Waals surface area (Å²) < 4.78 is 0. The van der Waals surface area contributed by atoms with Gasteiger partial charge >= 0.3 is 0 Å². The number of hydrogen-bond donors (Lipinski definition) is 3. The standard InChI is InChI=1S/C10H10N4O3/c15-10-2-1-8(13-3-5-16-11-13)7-9(10)14-4-6-17-12-14/h1-7,11-12,15H. The second-order valence-electron chi connectivity index (χ2n) is 3.40. The van der Waals surface area contributed by atoms with Gasteiger partial charge in [-0.15, -0.1) is 0 Å². The van der Waals surface area contributed by atoms with Gasteiger partial charge in [0.1, 0.15) is 24.0 Å². The number of hydrogen-bond acceptors (Lipinski definition) is 7. The zero-order valence-electron chi connectivity index (χ0n) is 8.70. The largest absolute Gasteiger partial charge is 0.506 e. The van der Waals surface area contributed by atoms with E-state index in [0.29, 0.717) is 5.69 Å². The molecule has 0 radical (unpaired) electrons. The fourth-order valence-electron chi connectivity index (χ4n) is 1.54. The molecule has 0 amide bonds. The van der Waals surface area contributed by atoms with Gasteiger partial charge in [0, 0.05) is 0 Å². The number of phenols is 1. The quantitative estimate of drug-likeness (QED) is 0.700. The van der Waals surface area contributed by atoms with E-state index in [-0.39, 0.29) is 5.75 Å². The normalized spacial score (nSPS) is 17.4. The van der Waals surface area contributed by atoms with Crippen LogP contribution in [0.3, 0.4) is 0 Å². The molecule has 0 spiro atoms. The van der Waals surface area contributed by atoms with Crippen molar-refractivity contribution < 1.29 is 14.8 Å². The lowest BCUT2D eigenvalue weighted by atomic mass is 10.2. The molecule has 1 aromatic carbocycles. The average molecular weight is 234 g/mol. The summed E-state index contributed by atoms with van der Waals surface area (Å²) >= 11 is 0. The Bertz CT molecular complexity index is 488. The fourth-order valence-corrected chi connectivity index (χ4v) is 1.54. The molecular formula is C10H10N4O3. The molecule has 0 saturated carbocycles. The number of nitrogens with zero attached hydrogens (tertiary/aromatic N) is 2. The van der Waals surface area contributed by atoms with Crippen LogP contribution in [0.25, 0.3) is 0 Å². The molecule has 0 unspecified atom stereocenters. The molecule has 1 aromatic rings. The third-order valence-corrected chi connectivity index (χ3v) is 2.35. The van der Waals surface area contributed by atoms with Gasteiger partial charge < -0.3 is 14.8 Å². The summed E-state index contributed by atoms with van der Waals surface area (Å²) in [5.74, 6) is 0.139. The van der Waals surface area contributed by atoms with Crippen LogP contribution < -0.4 is 21.2 Å². The zero-order valence-corrected chi connectivity index (χ0v) is 8.70. The summed E-state index contributed by atoms with van der Waals surface area (Å²) in [6.45, 7) is 0. The highest BCUT2D eigenvalue weighted by Gasteiger charge is 2.16. The van der Waals surface area contributed by atoms with Gasteiger partial charge in [-0.25, -0.2) is 10.0 Å². The topological polar surface area (TPSA) is 69.2 Å². The molecule has 0 aromatic heterocycles. The number of phenolic OH excluding ortho intramolecular Hbond substituents is 1. The maximum atomic E-state index is 9.78. The zero-order chi connectivity index (χ0) is 11.7. The van der Waals surface area contributed by atoms with Gasteiger partial charge in [0.15, 0.2) is 0 Å². The Labute approximate surface area is 97.0 Å². The van der Waals surface area contributed by atoms with E-state index in [0.717, 1.165) is 5.69 Å². The number of benzene rings is 1. The molecule has 88 valence electrons. The first-order chi connectivity index (χ1) is 8.34. The Morgan fingerprint density at radius 3 is 2.35 bits per heavy atom. The van der Waals surface area contributed by atoms with Crippen LogP contribution in [0.15, 0.2) is 43.1 Å². The molecule has 3 rings (SSSR count). The van der Waals surface area contributed by atoms with Crippen LogP contribution in [0.5, 0.6) is 5.75 Å². The van der Waals surface area contributed by atoms with Crippen LogP contribution in [0.2, 0.25) is 0 Å². The van der Waals surface area contributed by atoms with Gasteiger partial charge in [-0.1, -0.05) is 11.2 Å². The maximum absolute atomic E-state index is 9.78. The first kappa shape index (κ1) is 9.82. The first-order valence-corrected chi connectivity index (χ1v) is 4.92. The van der Waals surface area contributed by atoms with Crippen LogP contribution in [0.4, 0.5) is 11.4 Å². The Kier molecular flexibility index (Phi) is 2.25. The van der Waals surface area contributed by atoms with Crippen molar-refractivity contribution in [3.8, 4) is 5.75 Å². The minimum atomic E-state index is 0.139. The van der Waals surface area contributed by atoms with Crippen LogP contribution in [-0.2, 0) is 9.68 Å². The number of rotatable bonds is 2. The van der Waals surface area contributed by atoms with E-state index in [9.17, 15) is 5.11 Å². The molecule has 2 heterocycles. The van der Waals surface area contributed by atoms with Crippen molar-refractivity contribution in [3.05, 3.63) is 43.1 Å². The minimum Gasteiger partial charge on any atom is -0.506 e. The Hall–Kier alpha value is -2.38. The Balaban J connectivity index is 1.94. The van der Waals surface area contributed by atoms with Crippen LogP contribution in [0.1, 0.15) is 0 Å². The molecule has 7 nitrogen and oxygen atoms in total. The molecule has 0 aliphatic carbocycles. The average Bonchev–Trinajstić information content (AvgIpc) is 3.03. The molecule has 2 aliphatic heterocycles. The van der Waals surface area contributed by atoms with Gasteiger partial charge in [-0.2, -0.15) is 0 Å². The van der Waals surface area contributed by atoms with Gasteiger partial charge in [-0.3, -0.25) is 0 Å². The molecule has 3 N–H and O–H groups in total. The summed E-state index contributed by atoms with van der Waals surface area (Å²) in [6, 6.07) is 5.12. The molecule has 0 fully saturated rings. The van der Waals surface area contributed by atoms with Crippen molar-refractivity contribution in [1.82, 2.24) is 11.2 Å². The Morgan fingerprint density at radius 1 is 1.00 bits per heavy atom. The lowest BCUT2D eigenvalue weighted by molar-refractivity contribution is 0.157. The van der Waals surface area contributed by atoms with Crippen molar-refractivity contribution >= 4 is 11.4 Å². The van der Waals surface area contributed by atoms with Crippen LogP contribution in [0, 0.1) is 0 Å². The van der Waals surface area contributed by atoms with Crippen molar-refractivity contribution in [2.45, 2.75) is 0 Å². The van der Waals surface area contributed by atoms with Crippen molar-refractivity contribution in [3.63, 3.8) is 0 Å². The molecule has 2 aliphatic rings. The molecule has 17 heavy (non-hydrogen) atoms. The third kappa shape index (κ3) is 1.73. The number of hydrazine groups is 2. The smallest absolute Gasteiger partial charge is 0.140 e. The monoisotopic (exact) mass is 234 g/mol. The fraction of sp³-hybridized carbons (Fsp3) is 0. The van der Waals surface area contributed by atoms with E-state index in [4.69, 9.17) is 9.68 Å². The van der Waals surface area contributed by atoms with E-state index in [2.05, 4.69) is 11.2 Å². The third-order valence-electron chi connectivity index (χ3n) is 2.35. The van der Waals surface area contributed by atoms with Crippen LogP contribution in [-0.4, -0.2) is 5.11 Å². The minimum absolute atomic E-state index is 0.139. The summed E-state index contributed by atoms with van der Waals surface area (Å²) in [7, 11) is 0. The van der Waals surface area contributed by atoms with E-state index < -0.39 is 0 Å². The number of aromatic hydroxyl groups is 1. The van der Waals surface area contributed by atoms with Gasteiger partial charge in [0.25, 0.3) is 0 Å². The van der Waals surface area contributed by atoms with Gasteiger partial charge in [0.05, 0.1) is 18.1 Å². The first-order valence-electron chi connectivity index (χ1n) is 4.92. The van der Waals surface area contributed by atoms with E-state index in [1.807, 2.05) is 0 Å². The predicted octanol–water partition coefficient (Wildman–Crippen LogP) is 0.847. The molecule has 7 heteroatoms.